The Labute approximate surface area is 105 Å². The van der Waals surface area contributed by atoms with Crippen LogP contribution >= 0.6 is 0 Å². The molecule has 0 saturated carbocycles. The van der Waals surface area contributed by atoms with Crippen LogP contribution in [0.25, 0.3) is 6.08 Å². The zero-order valence-electron chi connectivity index (χ0n) is 10.1. The lowest BCUT2D eigenvalue weighted by Crippen LogP contribution is -2.15. The van der Waals surface area contributed by atoms with Crippen molar-refractivity contribution in [2.75, 3.05) is 0 Å². The molecular formula is C14H13N3O. The van der Waals surface area contributed by atoms with Crippen molar-refractivity contribution in [1.29, 1.82) is 0 Å². The lowest BCUT2D eigenvalue weighted by molar-refractivity contribution is 0.102. The molecule has 0 aliphatic heterocycles. The number of aryl methyl sites for hydroxylation is 2. The van der Waals surface area contributed by atoms with Crippen LogP contribution in [-0.2, 0) is 6.42 Å². The van der Waals surface area contributed by atoms with Gasteiger partial charge in [-0.1, -0.05) is 6.07 Å². The van der Waals surface area contributed by atoms with Crippen molar-refractivity contribution in [1.82, 2.24) is 15.0 Å². The van der Waals surface area contributed by atoms with Gasteiger partial charge in [0.25, 0.3) is 0 Å². The number of nitrogens with one attached hydrogen (secondary N) is 1. The van der Waals surface area contributed by atoms with E-state index < -0.39 is 0 Å². The minimum atomic E-state index is 0.0271. The van der Waals surface area contributed by atoms with E-state index in [1.54, 1.807) is 12.5 Å². The maximum absolute atomic E-state index is 12.3. The van der Waals surface area contributed by atoms with Gasteiger partial charge in [0, 0.05) is 17.5 Å². The third kappa shape index (κ3) is 1.76. The SMILES string of the molecule is Cc1[nH]cnc1C=C1CCc2cccnc2C1=O. The second-order valence-electron chi connectivity index (χ2n) is 4.42. The summed E-state index contributed by atoms with van der Waals surface area (Å²) in [6, 6.07) is 3.84. The summed E-state index contributed by atoms with van der Waals surface area (Å²) in [6.45, 7) is 1.94. The van der Waals surface area contributed by atoms with Gasteiger partial charge in [-0.15, -0.1) is 0 Å². The number of hydrogen-bond donors (Lipinski definition) is 1. The highest BCUT2D eigenvalue weighted by atomic mass is 16.1. The summed E-state index contributed by atoms with van der Waals surface area (Å²) in [5, 5.41) is 0. The maximum Gasteiger partial charge on any atom is 0.207 e. The van der Waals surface area contributed by atoms with E-state index in [0.29, 0.717) is 5.69 Å². The van der Waals surface area contributed by atoms with Gasteiger partial charge in [0.15, 0.2) is 0 Å². The van der Waals surface area contributed by atoms with Crippen LogP contribution in [0.1, 0.15) is 33.9 Å². The second kappa shape index (κ2) is 4.22. The standard InChI is InChI=1S/C14H13N3O/c1-9-12(17-8-16-9)7-11-5-4-10-3-2-6-15-13(10)14(11)18/h2-3,6-8H,4-5H2,1H3,(H,16,17). The number of allylic oxidation sites excluding steroid dienone is 1. The van der Waals surface area contributed by atoms with Crippen molar-refractivity contribution in [3.05, 3.63) is 52.9 Å². The molecule has 0 atom stereocenters. The number of aromatic nitrogens is 3. The van der Waals surface area contributed by atoms with Crippen LogP contribution in [0.5, 0.6) is 0 Å². The number of imidazole rings is 1. The summed E-state index contributed by atoms with van der Waals surface area (Å²) in [7, 11) is 0. The van der Waals surface area contributed by atoms with Crippen LogP contribution in [0.4, 0.5) is 0 Å². The first-order chi connectivity index (χ1) is 8.75. The predicted molar refractivity (Wildman–Crippen MR) is 68.2 cm³/mol. The molecule has 0 fully saturated rings. The van der Waals surface area contributed by atoms with Crippen molar-refractivity contribution < 1.29 is 4.79 Å². The van der Waals surface area contributed by atoms with Crippen molar-refractivity contribution in [3.63, 3.8) is 0 Å². The Morgan fingerprint density at radius 1 is 1.33 bits per heavy atom. The molecule has 1 N–H and O–H groups in total. The summed E-state index contributed by atoms with van der Waals surface area (Å²) in [5.41, 5.74) is 4.22. The number of carbonyl (C=O) groups is 1. The van der Waals surface area contributed by atoms with Gasteiger partial charge in [-0.05, 0) is 37.5 Å². The van der Waals surface area contributed by atoms with Crippen LogP contribution in [0.3, 0.4) is 0 Å². The molecule has 0 aromatic carbocycles. The maximum atomic E-state index is 12.3. The van der Waals surface area contributed by atoms with Gasteiger partial charge in [-0.2, -0.15) is 0 Å². The monoisotopic (exact) mass is 239 g/mol. The molecule has 2 aromatic heterocycles. The number of Topliss-reactive ketones (excluding diaryl/α,β-unsaturated/α-hetero) is 1. The first-order valence-corrected chi connectivity index (χ1v) is 5.95. The summed E-state index contributed by atoms with van der Waals surface area (Å²) in [5.74, 6) is 0.0271. The van der Waals surface area contributed by atoms with Gasteiger partial charge >= 0.3 is 0 Å². The number of H-pyrrole nitrogens is 1. The highest BCUT2D eigenvalue weighted by Crippen LogP contribution is 2.25. The number of aromatic amines is 1. The van der Waals surface area contributed by atoms with E-state index in [-0.39, 0.29) is 5.78 Å². The predicted octanol–water partition coefficient (Wildman–Crippen LogP) is 2.33. The molecule has 1 aliphatic carbocycles. The molecule has 0 amide bonds. The van der Waals surface area contributed by atoms with E-state index in [1.807, 2.05) is 25.1 Å². The minimum absolute atomic E-state index is 0.0271. The summed E-state index contributed by atoms with van der Waals surface area (Å²) >= 11 is 0. The van der Waals surface area contributed by atoms with E-state index >= 15 is 0 Å². The van der Waals surface area contributed by atoms with Crippen LogP contribution < -0.4 is 0 Å². The first kappa shape index (κ1) is 10.9. The van der Waals surface area contributed by atoms with Gasteiger partial charge in [-0.3, -0.25) is 9.78 Å². The molecule has 90 valence electrons. The van der Waals surface area contributed by atoms with E-state index in [4.69, 9.17) is 0 Å². The Bertz CT molecular complexity index is 640. The Morgan fingerprint density at radius 3 is 3.00 bits per heavy atom. The largest absolute Gasteiger partial charge is 0.348 e. The summed E-state index contributed by atoms with van der Waals surface area (Å²) in [6.07, 6.45) is 6.79. The number of carbonyl (C=O) groups excluding carboxylic acids is 1. The first-order valence-electron chi connectivity index (χ1n) is 5.95. The molecule has 0 unspecified atom stereocenters. The zero-order valence-corrected chi connectivity index (χ0v) is 10.1. The fraction of sp³-hybridized carbons (Fsp3) is 0.214. The topological polar surface area (TPSA) is 58.6 Å². The lowest BCUT2D eigenvalue weighted by atomic mass is 9.90. The van der Waals surface area contributed by atoms with Crippen LogP contribution in [0, 0.1) is 6.92 Å². The summed E-state index contributed by atoms with van der Waals surface area (Å²) < 4.78 is 0. The molecule has 2 aromatic rings. The molecule has 2 heterocycles. The van der Waals surface area contributed by atoms with Crippen LogP contribution in [0.2, 0.25) is 0 Å². The van der Waals surface area contributed by atoms with E-state index in [9.17, 15) is 4.79 Å². The summed E-state index contributed by atoms with van der Waals surface area (Å²) in [4.78, 5) is 23.7. The molecule has 0 bridgehead atoms. The number of pyridine rings is 1. The molecule has 0 spiro atoms. The van der Waals surface area contributed by atoms with Crippen molar-refractivity contribution in [3.8, 4) is 0 Å². The number of nitrogens with zero attached hydrogens (tertiary/aromatic N) is 2. The Hall–Kier alpha value is -2.23. The number of hydrogen-bond acceptors (Lipinski definition) is 3. The van der Waals surface area contributed by atoms with Gasteiger partial charge in [0.2, 0.25) is 5.78 Å². The van der Waals surface area contributed by atoms with Crippen LogP contribution in [-0.4, -0.2) is 20.7 Å². The fourth-order valence-electron chi connectivity index (χ4n) is 2.20. The highest BCUT2D eigenvalue weighted by Gasteiger charge is 2.23. The van der Waals surface area contributed by atoms with Gasteiger partial charge < -0.3 is 4.98 Å². The van der Waals surface area contributed by atoms with Crippen molar-refractivity contribution in [2.45, 2.75) is 19.8 Å². The number of ketones is 1. The molecule has 1 aliphatic rings. The molecule has 0 radical (unpaired) electrons. The fourth-order valence-corrected chi connectivity index (χ4v) is 2.20. The Morgan fingerprint density at radius 2 is 2.22 bits per heavy atom. The average Bonchev–Trinajstić information content (AvgIpc) is 2.79. The molecule has 3 rings (SSSR count). The van der Waals surface area contributed by atoms with Crippen LogP contribution in [0.15, 0.2) is 30.2 Å². The number of fused-ring (bicyclic) bond motifs is 1. The van der Waals surface area contributed by atoms with E-state index in [1.165, 1.54) is 0 Å². The number of rotatable bonds is 1. The van der Waals surface area contributed by atoms with Crippen molar-refractivity contribution in [2.24, 2.45) is 0 Å². The Kier molecular flexibility index (Phi) is 2.55. The van der Waals surface area contributed by atoms with E-state index in [2.05, 4.69) is 15.0 Å². The van der Waals surface area contributed by atoms with Gasteiger partial charge in [0.1, 0.15) is 5.69 Å². The molecule has 4 nitrogen and oxygen atoms in total. The zero-order chi connectivity index (χ0) is 12.5. The van der Waals surface area contributed by atoms with Gasteiger partial charge in [-0.25, -0.2) is 4.98 Å². The average molecular weight is 239 g/mol. The van der Waals surface area contributed by atoms with Gasteiger partial charge in [0.05, 0.1) is 12.0 Å². The quantitative estimate of drug-likeness (QED) is 0.777. The third-order valence-electron chi connectivity index (χ3n) is 3.24. The Balaban J connectivity index is 2.01. The molecule has 0 saturated heterocycles. The minimum Gasteiger partial charge on any atom is -0.348 e. The molecule has 18 heavy (non-hydrogen) atoms. The smallest absolute Gasteiger partial charge is 0.207 e. The molecular weight excluding hydrogens is 226 g/mol. The lowest BCUT2D eigenvalue weighted by Gasteiger charge is -2.15. The third-order valence-corrected chi connectivity index (χ3v) is 3.24. The second-order valence-corrected chi connectivity index (χ2v) is 4.42. The highest BCUT2D eigenvalue weighted by molar-refractivity contribution is 6.11. The normalized spacial score (nSPS) is 16.9. The van der Waals surface area contributed by atoms with E-state index in [0.717, 1.165) is 35.4 Å². The molecule has 4 heteroatoms. The van der Waals surface area contributed by atoms with Crippen molar-refractivity contribution >= 4 is 11.9 Å².